The van der Waals surface area contributed by atoms with Crippen LogP contribution in [0.4, 0.5) is 5.69 Å². The third kappa shape index (κ3) is 3.90. The molecule has 1 heterocycles. The molecule has 0 radical (unpaired) electrons. The number of hydrogen-bond donors (Lipinski definition) is 1. The second-order valence-electron chi connectivity index (χ2n) is 5.31. The highest BCUT2D eigenvalue weighted by atomic mass is 32.2. The summed E-state index contributed by atoms with van der Waals surface area (Å²) in [6.07, 6.45) is 0.889. The highest BCUT2D eigenvalue weighted by Crippen LogP contribution is 2.21. The molecule has 1 aliphatic heterocycles. The van der Waals surface area contributed by atoms with Crippen molar-refractivity contribution in [2.45, 2.75) is 37.3 Å². The molecule has 1 aromatic rings. The molecule has 1 N–H and O–H groups in total. The fourth-order valence-electron chi connectivity index (χ4n) is 2.17. The van der Waals surface area contributed by atoms with Crippen molar-refractivity contribution < 1.29 is 4.79 Å². The number of likely N-dealkylation sites (N-methyl/N-ethyl adjacent to an activating group) is 1. The molecule has 0 bridgehead atoms. The third-order valence-corrected chi connectivity index (χ3v) is 4.45. The van der Waals surface area contributed by atoms with Crippen LogP contribution >= 0.6 is 11.8 Å². The summed E-state index contributed by atoms with van der Waals surface area (Å²) in [6, 6.07) is 8.33. The van der Waals surface area contributed by atoms with Crippen molar-refractivity contribution in [1.82, 2.24) is 4.90 Å². The van der Waals surface area contributed by atoms with E-state index in [0.717, 1.165) is 24.4 Å². The smallest absolute Gasteiger partial charge is 0.244 e. The average Bonchev–Trinajstić information content (AvgIpc) is 2.69. The number of benzene rings is 1. The van der Waals surface area contributed by atoms with Gasteiger partial charge in [-0.05, 0) is 29.4 Å². The molecule has 1 amide bonds. The molecular formula is C15H22N2OS. The Balaban J connectivity index is 1.97. The van der Waals surface area contributed by atoms with Gasteiger partial charge in [0, 0.05) is 25.0 Å². The van der Waals surface area contributed by atoms with Crippen LogP contribution in [-0.2, 0) is 10.5 Å². The van der Waals surface area contributed by atoms with E-state index >= 15 is 0 Å². The zero-order valence-corrected chi connectivity index (χ0v) is 12.7. The molecule has 4 heteroatoms. The van der Waals surface area contributed by atoms with Crippen LogP contribution in [0.5, 0.6) is 0 Å². The summed E-state index contributed by atoms with van der Waals surface area (Å²) >= 11 is 1.93. The minimum absolute atomic E-state index is 0.0574. The minimum Gasteiger partial charge on any atom is -0.374 e. The molecule has 0 aliphatic carbocycles. The molecule has 1 atom stereocenters. The molecule has 1 fully saturated rings. The number of nitrogens with one attached hydrogen (secondary N) is 1. The Kier molecular flexibility index (Phi) is 4.75. The molecule has 0 saturated carbocycles. The van der Waals surface area contributed by atoms with Gasteiger partial charge in [0.15, 0.2) is 0 Å². The topological polar surface area (TPSA) is 32.3 Å². The van der Waals surface area contributed by atoms with E-state index in [1.807, 2.05) is 24.9 Å². The zero-order chi connectivity index (χ0) is 13.8. The molecule has 0 aromatic heterocycles. The van der Waals surface area contributed by atoms with Gasteiger partial charge in [-0.25, -0.2) is 0 Å². The first-order valence-corrected chi connectivity index (χ1v) is 7.83. The van der Waals surface area contributed by atoms with Crippen LogP contribution < -0.4 is 5.32 Å². The Morgan fingerprint density at radius 3 is 2.89 bits per heavy atom. The summed E-state index contributed by atoms with van der Waals surface area (Å²) in [7, 11) is 1.86. The molecule has 2 rings (SSSR count). The first-order chi connectivity index (χ1) is 9.06. The summed E-state index contributed by atoms with van der Waals surface area (Å²) in [5.41, 5.74) is 2.36. The van der Waals surface area contributed by atoms with E-state index in [1.165, 1.54) is 5.56 Å². The summed E-state index contributed by atoms with van der Waals surface area (Å²) in [4.78, 5) is 13.7. The minimum atomic E-state index is -0.0574. The SMILES string of the molecule is CC(C)SCc1cccc(NC2CCN(C)C2=O)c1. The van der Waals surface area contributed by atoms with E-state index in [0.29, 0.717) is 5.25 Å². The number of amides is 1. The Labute approximate surface area is 119 Å². The van der Waals surface area contributed by atoms with Gasteiger partial charge in [0.2, 0.25) is 5.91 Å². The maximum atomic E-state index is 11.9. The number of hydrogen-bond acceptors (Lipinski definition) is 3. The number of anilines is 1. The summed E-state index contributed by atoms with van der Waals surface area (Å²) in [5.74, 6) is 1.22. The number of carbonyl (C=O) groups is 1. The second-order valence-corrected chi connectivity index (χ2v) is 6.87. The van der Waals surface area contributed by atoms with Gasteiger partial charge in [-0.2, -0.15) is 11.8 Å². The second kappa shape index (κ2) is 6.33. The van der Waals surface area contributed by atoms with Gasteiger partial charge in [-0.3, -0.25) is 4.79 Å². The van der Waals surface area contributed by atoms with Crippen molar-refractivity contribution in [3.8, 4) is 0 Å². The lowest BCUT2D eigenvalue weighted by Crippen LogP contribution is -2.30. The van der Waals surface area contributed by atoms with E-state index < -0.39 is 0 Å². The number of likely N-dealkylation sites (tertiary alicyclic amines) is 1. The van der Waals surface area contributed by atoms with E-state index in [9.17, 15) is 4.79 Å². The van der Waals surface area contributed by atoms with E-state index in [2.05, 4.69) is 37.4 Å². The quantitative estimate of drug-likeness (QED) is 0.898. The first kappa shape index (κ1) is 14.3. The van der Waals surface area contributed by atoms with Crippen molar-refractivity contribution >= 4 is 23.4 Å². The standard InChI is InChI=1S/C15H22N2OS/c1-11(2)19-10-12-5-4-6-13(9-12)16-14-7-8-17(3)15(14)18/h4-6,9,11,14,16H,7-8,10H2,1-3H3. The van der Waals surface area contributed by atoms with Gasteiger partial charge in [0.25, 0.3) is 0 Å². The number of nitrogens with zero attached hydrogens (tertiary/aromatic N) is 1. The molecule has 1 aliphatic rings. The monoisotopic (exact) mass is 278 g/mol. The van der Waals surface area contributed by atoms with E-state index in [-0.39, 0.29) is 11.9 Å². The number of thioether (sulfide) groups is 1. The van der Waals surface area contributed by atoms with Gasteiger partial charge < -0.3 is 10.2 Å². The van der Waals surface area contributed by atoms with Crippen LogP contribution in [0.1, 0.15) is 25.8 Å². The molecule has 1 saturated heterocycles. The first-order valence-electron chi connectivity index (χ1n) is 6.78. The van der Waals surface area contributed by atoms with Crippen molar-refractivity contribution in [2.75, 3.05) is 18.9 Å². The Bertz CT molecular complexity index is 448. The highest BCUT2D eigenvalue weighted by molar-refractivity contribution is 7.99. The molecule has 19 heavy (non-hydrogen) atoms. The number of rotatable bonds is 5. The predicted octanol–water partition coefficient (Wildman–Crippen LogP) is 2.97. The lowest BCUT2D eigenvalue weighted by atomic mass is 10.2. The van der Waals surface area contributed by atoms with Gasteiger partial charge >= 0.3 is 0 Å². The van der Waals surface area contributed by atoms with Crippen LogP contribution in [0.3, 0.4) is 0 Å². The zero-order valence-electron chi connectivity index (χ0n) is 11.8. The van der Waals surface area contributed by atoms with Crippen LogP contribution in [0.15, 0.2) is 24.3 Å². The predicted molar refractivity (Wildman–Crippen MR) is 82.5 cm³/mol. The maximum absolute atomic E-state index is 11.9. The molecule has 3 nitrogen and oxygen atoms in total. The van der Waals surface area contributed by atoms with Gasteiger partial charge in [0.05, 0.1) is 0 Å². The molecular weight excluding hydrogens is 256 g/mol. The van der Waals surface area contributed by atoms with Crippen LogP contribution in [0.2, 0.25) is 0 Å². The van der Waals surface area contributed by atoms with Crippen LogP contribution in [0.25, 0.3) is 0 Å². The van der Waals surface area contributed by atoms with E-state index in [4.69, 9.17) is 0 Å². The van der Waals surface area contributed by atoms with Crippen LogP contribution in [-0.4, -0.2) is 35.7 Å². The van der Waals surface area contributed by atoms with Gasteiger partial charge in [-0.15, -0.1) is 0 Å². The van der Waals surface area contributed by atoms with Gasteiger partial charge in [0.1, 0.15) is 6.04 Å². The van der Waals surface area contributed by atoms with Crippen LogP contribution in [0, 0.1) is 0 Å². The molecule has 104 valence electrons. The Morgan fingerprint density at radius 2 is 2.26 bits per heavy atom. The highest BCUT2D eigenvalue weighted by Gasteiger charge is 2.28. The average molecular weight is 278 g/mol. The Morgan fingerprint density at radius 1 is 1.47 bits per heavy atom. The largest absolute Gasteiger partial charge is 0.374 e. The fourth-order valence-corrected chi connectivity index (χ4v) is 2.88. The lowest BCUT2D eigenvalue weighted by Gasteiger charge is -2.14. The summed E-state index contributed by atoms with van der Waals surface area (Å²) in [6.45, 7) is 5.26. The molecule has 0 spiro atoms. The summed E-state index contributed by atoms with van der Waals surface area (Å²) in [5, 5.41) is 3.99. The van der Waals surface area contributed by atoms with Gasteiger partial charge in [-0.1, -0.05) is 26.0 Å². The maximum Gasteiger partial charge on any atom is 0.244 e. The number of carbonyl (C=O) groups excluding carboxylic acids is 1. The third-order valence-electron chi connectivity index (χ3n) is 3.28. The van der Waals surface area contributed by atoms with Crippen molar-refractivity contribution in [2.24, 2.45) is 0 Å². The van der Waals surface area contributed by atoms with Crippen molar-refractivity contribution in [3.63, 3.8) is 0 Å². The fraction of sp³-hybridized carbons (Fsp3) is 0.533. The summed E-state index contributed by atoms with van der Waals surface area (Å²) < 4.78 is 0. The molecule has 1 aromatic carbocycles. The lowest BCUT2D eigenvalue weighted by molar-refractivity contribution is -0.127. The molecule has 1 unspecified atom stereocenters. The van der Waals surface area contributed by atoms with Crippen molar-refractivity contribution in [3.05, 3.63) is 29.8 Å². The Hall–Kier alpha value is -1.16. The van der Waals surface area contributed by atoms with Crippen molar-refractivity contribution in [1.29, 1.82) is 0 Å². The van der Waals surface area contributed by atoms with E-state index in [1.54, 1.807) is 4.90 Å². The normalized spacial score (nSPS) is 19.3.